The summed E-state index contributed by atoms with van der Waals surface area (Å²) in [5, 5.41) is 0. The zero-order valence-corrected chi connectivity index (χ0v) is 18.2. The normalized spacial score (nSPS) is 41.8. The van der Waals surface area contributed by atoms with Gasteiger partial charge in [-0.25, -0.2) is 9.97 Å². The van der Waals surface area contributed by atoms with Crippen molar-refractivity contribution in [3.8, 4) is 0 Å². The zero-order valence-electron chi connectivity index (χ0n) is 18.2. The molecule has 0 aromatic carbocycles. The summed E-state index contributed by atoms with van der Waals surface area (Å²) < 4.78 is 5.36. The van der Waals surface area contributed by atoms with Crippen molar-refractivity contribution in [1.82, 2.24) is 9.97 Å². The molecule has 0 aliphatic heterocycles. The van der Waals surface area contributed by atoms with E-state index in [0.717, 1.165) is 42.9 Å². The van der Waals surface area contributed by atoms with E-state index in [1.807, 2.05) is 0 Å². The third kappa shape index (κ3) is 2.67. The van der Waals surface area contributed by atoms with Crippen LogP contribution in [0, 0.1) is 40.9 Å². The van der Waals surface area contributed by atoms with E-state index in [1.54, 1.807) is 19.0 Å². The molecule has 30 heavy (non-hydrogen) atoms. The molecule has 1 aromatic heterocycles. The molecular weight excluding hydrogens is 372 g/mol. The average molecular weight is 407 g/mol. The van der Waals surface area contributed by atoms with Crippen LogP contribution in [0.1, 0.15) is 69.0 Å². The summed E-state index contributed by atoms with van der Waals surface area (Å²) in [5.41, 5.74) is 4.14. The lowest BCUT2D eigenvalue weighted by Gasteiger charge is -2.56. The molecule has 0 bridgehead atoms. The molecule has 1 aromatic rings. The molecule has 3 fully saturated rings. The maximum atomic E-state index is 12.9. The second-order valence-electron chi connectivity index (χ2n) is 10.8. The number of rotatable bonds is 1. The third-order valence-corrected chi connectivity index (χ3v) is 9.87. The van der Waals surface area contributed by atoms with Crippen LogP contribution in [0.3, 0.4) is 0 Å². The number of hydrogen-bond acceptors (Lipinski definition) is 4. The van der Waals surface area contributed by atoms with Crippen LogP contribution in [0.2, 0.25) is 0 Å². The minimum atomic E-state index is -0.222. The first-order valence-corrected chi connectivity index (χ1v) is 12.3. The smallest absolute Gasteiger partial charge is 0.312 e. The van der Waals surface area contributed by atoms with Crippen LogP contribution in [0.25, 0.3) is 0 Å². The monoisotopic (exact) mass is 406 g/mol. The molecule has 6 rings (SSSR count). The van der Waals surface area contributed by atoms with Crippen LogP contribution in [0.15, 0.2) is 24.2 Å². The summed E-state index contributed by atoms with van der Waals surface area (Å²) in [5.74, 6) is 4.43. The summed E-state index contributed by atoms with van der Waals surface area (Å²) in [4.78, 5) is 21.8. The number of nitrogens with zero attached hydrogens (tertiary/aromatic N) is 2. The van der Waals surface area contributed by atoms with Gasteiger partial charge in [0.2, 0.25) is 0 Å². The lowest BCUT2D eigenvalue weighted by atomic mass is 9.48. The highest BCUT2D eigenvalue weighted by Gasteiger charge is 2.56. The molecule has 3 saturated carbocycles. The molecule has 1 heterocycles. The van der Waals surface area contributed by atoms with E-state index < -0.39 is 0 Å². The number of carbonyl (C=O) groups excluding carboxylic acids is 1. The van der Waals surface area contributed by atoms with Crippen LogP contribution < -0.4 is 0 Å². The predicted octanol–water partition coefficient (Wildman–Crippen LogP) is 4.92. The molecule has 5 aliphatic rings. The van der Waals surface area contributed by atoms with Gasteiger partial charge in [-0.2, -0.15) is 0 Å². The number of methoxy groups -OCH3 is 1. The minimum absolute atomic E-state index is 0.0706. The van der Waals surface area contributed by atoms with Gasteiger partial charge in [-0.1, -0.05) is 24.5 Å². The van der Waals surface area contributed by atoms with Crippen molar-refractivity contribution >= 4 is 5.97 Å². The van der Waals surface area contributed by atoms with Gasteiger partial charge in [-0.3, -0.25) is 4.79 Å². The van der Waals surface area contributed by atoms with Crippen molar-refractivity contribution < 1.29 is 9.53 Å². The van der Waals surface area contributed by atoms with Gasteiger partial charge in [0.1, 0.15) is 6.33 Å². The van der Waals surface area contributed by atoms with Gasteiger partial charge in [-0.15, -0.1) is 0 Å². The highest BCUT2D eigenvalue weighted by molar-refractivity contribution is 5.78. The van der Waals surface area contributed by atoms with Crippen LogP contribution in [-0.2, 0) is 22.4 Å². The van der Waals surface area contributed by atoms with Crippen molar-refractivity contribution in [1.29, 1.82) is 0 Å². The van der Waals surface area contributed by atoms with Crippen molar-refractivity contribution in [3.05, 3.63) is 35.4 Å². The van der Waals surface area contributed by atoms with Gasteiger partial charge in [0.25, 0.3) is 0 Å². The summed E-state index contributed by atoms with van der Waals surface area (Å²) in [7, 11) is 1.59. The van der Waals surface area contributed by atoms with E-state index in [-0.39, 0.29) is 11.4 Å². The van der Waals surface area contributed by atoms with Gasteiger partial charge in [0, 0.05) is 11.9 Å². The second-order valence-corrected chi connectivity index (χ2v) is 10.8. The molecule has 160 valence electrons. The molecular formula is C26H34N2O2. The fourth-order valence-electron chi connectivity index (χ4n) is 8.60. The van der Waals surface area contributed by atoms with E-state index in [9.17, 15) is 4.79 Å². The van der Waals surface area contributed by atoms with Crippen LogP contribution in [0.4, 0.5) is 0 Å². The van der Waals surface area contributed by atoms with Gasteiger partial charge in [0.05, 0.1) is 12.5 Å². The summed E-state index contributed by atoms with van der Waals surface area (Å²) in [6, 6.07) is 0. The largest absolute Gasteiger partial charge is 0.469 e. The second kappa shape index (κ2) is 7.17. The van der Waals surface area contributed by atoms with Gasteiger partial charge in [-0.05, 0) is 98.9 Å². The molecule has 4 nitrogen and oxygen atoms in total. The Balaban J connectivity index is 1.31. The average Bonchev–Trinajstić information content (AvgIpc) is 2.81. The van der Waals surface area contributed by atoms with E-state index >= 15 is 0 Å². The molecule has 7 atom stereocenters. The Hall–Kier alpha value is -1.71. The molecule has 5 aliphatic carbocycles. The van der Waals surface area contributed by atoms with Crippen molar-refractivity contribution in [2.24, 2.45) is 40.9 Å². The molecule has 0 spiro atoms. The SMILES string of the molecule is COC(=O)C12CCCCC1C1=CCC3C4Cc5cncnc5CC4CCC3C1CC2. The number of aromatic nitrogens is 2. The van der Waals surface area contributed by atoms with Gasteiger partial charge in [0.15, 0.2) is 0 Å². The first kappa shape index (κ1) is 19.0. The molecule has 0 saturated heterocycles. The highest BCUT2D eigenvalue weighted by atomic mass is 16.5. The fraction of sp³-hybridized carbons (Fsp3) is 0.731. The summed E-state index contributed by atoms with van der Waals surface area (Å²) in [6.07, 6.45) is 19.6. The highest BCUT2D eigenvalue weighted by Crippen LogP contribution is 2.61. The molecule has 0 N–H and O–H groups in total. The number of esters is 1. The summed E-state index contributed by atoms with van der Waals surface area (Å²) >= 11 is 0. The Kier molecular flexibility index (Phi) is 4.54. The topological polar surface area (TPSA) is 52.1 Å². The van der Waals surface area contributed by atoms with Gasteiger partial charge < -0.3 is 4.74 Å². The molecule has 0 radical (unpaired) electrons. The van der Waals surface area contributed by atoms with Crippen molar-refractivity contribution in [2.75, 3.05) is 7.11 Å². The zero-order chi connectivity index (χ0) is 20.3. The van der Waals surface area contributed by atoms with Crippen LogP contribution in [0.5, 0.6) is 0 Å². The first-order valence-electron chi connectivity index (χ1n) is 12.3. The molecule has 7 unspecified atom stereocenters. The number of ether oxygens (including phenoxy) is 1. The van der Waals surface area contributed by atoms with Gasteiger partial charge >= 0.3 is 5.97 Å². The van der Waals surface area contributed by atoms with Crippen molar-refractivity contribution in [3.63, 3.8) is 0 Å². The van der Waals surface area contributed by atoms with E-state index in [0.29, 0.717) is 11.8 Å². The number of hydrogen-bond donors (Lipinski definition) is 0. The van der Waals surface area contributed by atoms with Crippen LogP contribution >= 0.6 is 0 Å². The summed E-state index contributed by atoms with van der Waals surface area (Å²) in [6.45, 7) is 0. The van der Waals surface area contributed by atoms with Crippen LogP contribution in [-0.4, -0.2) is 23.0 Å². The minimum Gasteiger partial charge on any atom is -0.469 e. The fourth-order valence-corrected chi connectivity index (χ4v) is 8.60. The molecule has 4 heteroatoms. The number of allylic oxidation sites excluding steroid dienone is 2. The van der Waals surface area contributed by atoms with Crippen molar-refractivity contribution in [2.45, 2.75) is 70.6 Å². The Morgan fingerprint density at radius 1 is 1.07 bits per heavy atom. The number of carbonyl (C=O) groups is 1. The lowest BCUT2D eigenvalue weighted by molar-refractivity contribution is -0.161. The standard InChI is InChI=1S/C26H34N2O2/c1-30-25(29)26-10-3-2-4-23(26)21-8-7-19-18(20(21)9-11-26)6-5-16-13-24-17(12-22(16)19)14-27-15-28-24/h8,14-16,18-20,22-23H,2-7,9-13H2,1H3. The Labute approximate surface area is 179 Å². The van der Waals surface area contributed by atoms with E-state index in [4.69, 9.17) is 4.74 Å². The van der Waals surface area contributed by atoms with E-state index in [2.05, 4.69) is 22.2 Å². The number of fused-ring (bicyclic) bond motifs is 8. The maximum absolute atomic E-state index is 12.9. The predicted molar refractivity (Wildman–Crippen MR) is 114 cm³/mol. The lowest BCUT2D eigenvalue weighted by Crippen LogP contribution is -2.51. The first-order chi connectivity index (χ1) is 14.7. The molecule has 0 amide bonds. The maximum Gasteiger partial charge on any atom is 0.312 e. The third-order valence-electron chi connectivity index (χ3n) is 9.87. The quantitative estimate of drug-likeness (QED) is 0.490. The Morgan fingerprint density at radius 3 is 2.90 bits per heavy atom. The Bertz CT molecular complexity index is 880. The Morgan fingerprint density at radius 2 is 2.00 bits per heavy atom. The van der Waals surface area contributed by atoms with E-state index in [1.165, 1.54) is 62.6 Å².